The van der Waals surface area contributed by atoms with Crippen molar-refractivity contribution in [3.05, 3.63) is 77.3 Å². The summed E-state index contributed by atoms with van der Waals surface area (Å²) in [7, 11) is 0. The molecule has 2 aromatic carbocycles. The number of carbonyl (C=O) groups excluding carboxylic acids is 1. The monoisotopic (exact) mass is 395 g/mol. The Morgan fingerprint density at radius 2 is 2.00 bits per heavy atom. The van der Waals surface area contributed by atoms with E-state index >= 15 is 0 Å². The second-order valence-electron chi connectivity index (χ2n) is 6.72. The first-order valence-corrected chi connectivity index (χ1v) is 9.40. The average molecular weight is 396 g/mol. The minimum Gasteiger partial charge on any atom is -0.331 e. The average Bonchev–Trinajstić information content (AvgIpc) is 3.19. The van der Waals surface area contributed by atoms with Crippen molar-refractivity contribution in [3.8, 4) is 11.4 Å². The number of hydrogen-bond acceptors (Lipinski definition) is 4. The molecule has 144 valence electrons. The number of rotatable bonds is 7. The highest BCUT2D eigenvalue weighted by molar-refractivity contribution is 6.30. The van der Waals surface area contributed by atoms with E-state index in [9.17, 15) is 4.79 Å². The zero-order valence-electron chi connectivity index (χ0n) is 15.9. The van der Waals surface area contributed by atoms with E-state index in [-0.39, 0.29) is 11.9 Å². The number of hydrogen-bond donors (Lipinski definition) is 0. The molecule has 0 aliphatic rings. The Kier molecular flexibility index (Phi) is 6.21. The summed E-state index contributed by atoms with van der Waals surface area (Å²) in [6.07, 6.45) is 1.72. The number of amides is 1. The molecule has 0 aliphatic carbocycles. The van der Waals surface area contributed by atoms with Crippen LogP contribution < -0.4 is 0 Å². The molecule has 1 amide bonds. The maximum absolute atomic E-state index is 13.1. The van der Waals surface area contributed by atoms with Gasteiger partial charge in [-0.15, -0.1) is 11.7 Å². The summed E-state index contributed by atoms with van der Waals surface area (Å²) < 4.78 is 1.73. The zero-order chi connectivity index (χ0) is 20.1. The Morgan fingerprint density at radius 1 is 1.25 bits per heavy atom. The van der Waals surface area contributed by atoms with Crippen LogP contribution in [0.5, 0.6) is 0 Å². The van der Waals surface area contributed by atoms with E-state index in [2.05, 4.69) is 22.1 Å². The highest BCUT2D eigenvalue weighted by Crippen LogP contribution is 2.21. The molecule has 0 saturated carbocycles. The largest absolute Gasteiger partial charge is 0.331 e. The van der Waals surface area contributed by atoms with Crippen LogP contribution in [-0.4, -0.2) is 37.6 Å². The molecule has 0 bridgehead atoms. The van der Waals surface area contributed by atoms with Crippen molar-refractivity contribution in [3.63, 3.8) is 0 Å². The Labute approximate surface area is 169 Å². The molecule has 28 heavy (non-hydrogen) atoms. The lowest BCUT2D eigenvalue weighted by atomic mass is 10.1. The molecule has 1 aromatic heterocycles. The van der Waals surface area contributed by atoms with Gasteiger partial charge in [0.1, 0.15) is 0 Å². The maximum atomic E-state index is 13.1. The normalized spacial score (nSPS) is 10.9. The van der Waals surface area contributed by atoms with E-state index in [4.69, 9.17) is 11.6 Å². The summed E-state index contributed by atoms with van der Waals surface area (Å²) in [5, 5.41) is 12.6. The van der Waals surface area contributed by atoms with Crippen LogP contribution in [0.25, 0.3) is 11.4 Å². The van der Waals surface area contributed by atoms with Crippen molar-refractivity contribution in [2.24, 2.45) is 0 Å². The fourth-order valence-electron chi connectivity index (χ4n) is 2.89. The van der Waals surface area contributed by atoms with Crippen LogP contribution in [0.15, 0.2) is 61.2 Å². The molecule has 3 aromatic rings. The third kappa shape index (κ3) is 4.46. The van der Waals surface area contributed by atoms with E-state index in [1.807, 2.05) is 56.3 Å². The van der Waals surface area contributed by atoms with Crippen molar-refractivity contribution >= 4 is 17.5 Å². The second-order valence-corrected chi connectivity index (χ2v) is 7.16. The van der Waals surface area contributed by atoms with E-state index in [1.54, 1.807) is 21.7 Å². The molecule has 6 nitrogen and oxygen atoms in total. The smallest absolute Gasteiger partial charge is 0.254 e. The molecule has 0 aliphatic heterocycles. The van der Waals surface area contributed by atoms with Gasteiger partial charge in [0.05, 0.1) is 6.04 Å². The molecule has 0 saturated heterocycles. The second kappa shape index (κ2) is 8.80. The predicted octanol–water partition coefficient (Wildman–Crippen LogP) is 4.40. The van der Waals surface area contributed by atoms with Gasteiger partial charge < -0.3 is 4.90 Å². The fourth-order valence-corrected chi connectivity index (χ4v) is 3.02. The summed E-state index contributed by atoms with van der Waals surface area (Å²) in [6, 6.07) is 15.0. The molecule has 1 heterocycles. The van der Waals surface area contributed by atoms with E-state index in [1.165, 1.54) is 0 Å². The topological polar surface area (TPSA) is 63.9 Å². The number of aromatic nitrogens is 4. The number of carbonyl (C=O) groups is 1. The molecule has 7 heteroatoms. The van der Waals surface area contributed by atoms with Gasteiger partial charge in [0, 0.05) is 29.2 Å². The van der Waals surface area contributed by atoms with Gasteiger partial charge >= 0.3 is 0 Å². The van der Waals surface area contributed by atoms with Gasteiger partial charge in [-0.25, -0.2) is 4.68 Å². The zero-order valence-corrected chi connectivity index (χ0v) is 16.7. The Hall–Kier alpha value is -2.99. The van der Waals surface area contributed by atoms with Crippen LogP contribution in [0.4, 0.5) is 0 Å². The quantitative estimate of drug-likeness (QED) is 0.556. The van der Waals surface area contributed by atoms with Crippen LogP contribution >= 0.6 is 11.6 Å². The molecular formula is C21H22ClN5O. The van der Waals surface area contributed by atoms with Crippen LogP contribution in [0.3, 0.4) is 0 Å². The number of nitrogens with zero attached hydrogens (tertiary/aromatic N) is 5. The molecule has 3 rings (SSSR count). The van der Waals surface area contributed by atoms with Crippen LogP contribution in [0.1, 0.15) is 35.8 Å². The van der Waals surface area contributed by atoms with Gasteiger partial charge in [-0.2, -0.15) is 0 Å². The first-order valence-electron chi connectivity index (χ1n) is 9.02. The molecule has 0 N–H and O–H groups in total. The van der Waals surface area contributed by atoms with E-state index in [0.717, 1.165) is 11.1 Å². The standard InChI is InChI=1S/C21H22ClN5O/c1-4-12-26(14-16-8-10-19(22)11-9-16)21(28)18-7-5-6-17(13-18)20-23-24-25-27(20)15(2)3/h4-11,13,15H,1,12,14H2,2-3H3. The van der Waals surface area contributed by atoms with Crippen molar-refractivity contribution in [2.75, 3.05) is 6.54 Å². The number of tetrazole rings is 1. The van der Waals surface area contributed by atoms with Gasteiger partial charge in [0.2, 0.25) is 0 Å². The lowest BCUT2D eigenvalue weighted by molar-refractivity contribution is 0.0762. The van der Waals surface area contributed by atoms with Gasteiger partial charge in [0.25, 0.3) is 5.91 Å². The van der Waals surface area contributed by atoms with E-state index in [0.29, 0.717) is 29.5 Å². The number of halogens is 1. The maximum Gasteiger partial charge on any atom is 0.254 e. The summed E-state index contributed by atoms with van der Waals surface area (Å²) in [4.78, 5) is 14.9. The summed E-state index contributed by atoms with van der Waals surface area (Å²) in [5.41, 5.74) is 2.38. The first kappa shape index (κ1) is 19.8. The molecule has 0 fully saturated rings. The lowest BCUT2D eigenvalue weighted by Gasteiger charge is -2.22. The molecular weight excluding hydrogens is 374 g/mol. The van der Waals surface area contributed by atoms with Gasteiger partial charge in [-0.3, -0.25) is 4.79 Å². The summed E-state index contributed by atoms with van der Waals surface area (Å²) >= 11 is 5.95. The Morgan fingerprint density at radius 3 is 2.68 bits per heavy atom. The van der Waals surface area contributed by atoms with Gasteiger partial charge in [-0.1, -0.05) is 41.9 Å². The van der Waals surface area contributed by atoms with Crippen molar-refractivity contribution in [2.45, 2.75) is 26.4 Å². The highest BCUT2D eigenvalue weighted by atomic mass is 35.5. The minimum absolute atomic E-state index is 0.0831. The molecule has 0 spiro atoms. The highest BCUT2D eigenvalue weighted by Gasteiger charge is 2.18. The Balaban J connectivity index is 1.88. The van der Waals surface area contributed by atoms with Crippen LogP contribution in [-0.2, 0) is 6.54 Å². The lowest BCUT2D eigenvalue weighted by Crippen LogP contribution is -2.30. The number of benzene rings is 2. The van der Waals surface area contributed by atoms with Crippen LogP contribution in [0.2, 0.25) is 5.02 Å². The predicted molar refractivity (Wildman–Crippen MR) is 110 cm³/mol. The first-order chi connectivity index (χ1) is 13.5. The summed E-state index contributed by atoms with van der Waals surface area (Å²) in [5.74, 6) is 0.554. The van der Waals surface area contributed by atoms with Crippen molar-refractivity contribution < 1.29 is 4.79 Å². The van der Waals surface area contributed by atoms with Gasteiger partial charge in [-0.05, 0) is 54.1 Å². The van der Waals surface area contributed by atoms with Crippen molar-refractivity contribution in [1.29, 1.82) is 0 Å². The SMILES string of the molecule is C=CCN(Cc1ccc(Cl)cc1)C(=O)c1cccc(-c2nnnn2C(C)C)c1. The summed E-state index contributed by atoms with van der Waals surface area (Å²) in [6.45, 7) is 8.70. The van der Waals surface area contributed by atoms with Gasteiger partial charge in [0.15, 0.2) is 5.82 Å². The third-order valence-corrected chi connectivity index (χ3v) is 4.53. The van der Waals surface area contributed by atoms with Crippen LogP contribution in [0, 0.1) is 0 Å². The molecule has 0 atom stereocenters. The Bertz CT molecular complexity index is 965. The molecule has 0 radical (unpaired) electrons. The minimum atomic E-state index is -0.0831. The third-order valence-electron chi connectivity index (χ3n) is 4.27. The fraction of sp³-hybridized carbons (Fsp3) is 0.238. The molecule has 0 unspecified atom stereocenters. The van der Waals surface area contributed by atoms with E-state index < -0.39 is 0 Å². The van der Waals surface area contributed by atoms with Crippen molar-refractivity contribution in [1.82, 2.24) is 25.1 Å².